The van der Waals surface area contributed by atoms with Crippen LogP contribution >= 0.6 is 0 Å². The van der Waals surface area contributed by atoms with Crippen molar-refractivity contribution in [2.75, 3.05) is 18.9 Å². The number of nitrogen functional groups attached to an aromatic ring is 1. The van der Waals surface area contributed by atoms with E-state index in [1.165, 1.54) is 114 Å². The molecule has 240 valence electrons. The molecular weight excluding hydrogens is 534 g/mol. The van der Waals surface area contributed by atoms with Gasteiger partial charge in [0.25, 0.3) is 0 Å². The van der Waals surface area contributed by atoms with Crippen LogP contribution in [0.1, 0.15) is 153 Å². The van der Waals surface area contributed by atoms with Crippen molar-refractivity contribution in [3.8, 4) is 23.8 Å². The molecule has 0 amide bonds. The third kappa shape index (κ3) is 15.9. The highest BCUT2D eigenvalue weighted by Crippen LogP contribution is 2.26. The molecule has 0 aliphatic rings. The van der Waals surface area contributed by atoms with E-state index in [1.807, 2.05) is 18.2 Å². The third-order valence-corrected chi connectivity index (χ3v) is 8.07. The smallest absolute Gasteiger partial charge is 0.349 e. The number of anilines is 1. The average Bonchev–Trinajstić information content (AvgIpc) is 3.00. The van der Waals surface area contributed by atoms with Crippen molar-refractivity contribution in [1.29, 1.82) is 0 Å². The summed E-state index contributed by atoms with van der Waals surface area (Å²) in [6.45, 7) is 6.13. The molecule has 0 fully saturated rings. The highest BCUT2D eigenvalue weighted by atomic mass is 16.5. The number of aromatic nitrogens is 2. The van der Waals surface area contributed by atoms with E-state index in [4.69, 9.17) is 21.6 Å². The van der Waals surface area contributed by atoms with Crippen LogP contribution in [0.3, 0.4) is 0 Å². The summed E-state index contributed by atoms with van der Waals surface area (Å²) in [5.41, 5.74) is 6.65. The van der Waals surface area contributed by atoms with Crippen LogP contribution < -0.4 is 20.9 Å². The molecule has 0 aliphatic heterocycles. The van der Waals surface area contributed by atoms with E-state index in [0.29, 0.717) is 18.8 Å². The van der Waals surface area contributed by atoms with Gasteiger partial charge in [-0.25, -0.2) is 4.79 Å². The van der Waals surface area contributed by atoms with Crippen molar-refractivity contribution in [3.63, 3.8) is 0 Å². The molecule has 2 N–H and O–H groups in total. The Morgan fingerprint density at radius 3 is 1.74 bits per heavy atom. The monoisotopic (exact) mass is 593 g/mol. The van der Waals surface area contributed by atoms with E-state index in [0.717, 1.165) is 36.3 Å². The van der Waals surface area contributed by atoms with Crippen molar-refractivity contribution in [1.82, 2.24) is 9.55 Å². The van der Waals surface area contributed by atoms with Gasteiger partial charge in [0.1, 0.15) is 17.3 Å². The average molecular weight is 594 g/mol. The number of ether oxygens (including phenoxy) is 2. The van der Waals surface area contributed by atoms with Gasteiger partial charge in [0.05, 0.1) is 25.3 Å². The topological polar surface area (TPSA) is 79.4 Å². The Balaban J connectivity index is 1.85. The number of nitrogens with two attached hydrogens (primary N) is 1. The predicted molar refractivity (Wildman–Crippen MR) is 181 cm³/mol. The van der Waals surface area contributed by atoms with Gasteiger partial charge in [-0.15, -0.1) is 6.42 Å². The Morgan fingerprint density at radius 1 is 0.744 bits per heavy atom. The van der Waals surface area contributed by atoms with Gasteiger partial charge in [0.2, 0.25) is 0 Å². The second-order valence-electron chi connectivity index (χ2n) is 11.9. The van der Waals surface area contributed by atoms with Crippen LogP contribution in [0.5, 0.6) is 11.5 Å². The van der Waals surface area contributed by atoms with E-state index in [-0.39, 0.29) is 12.4 Å². The number of unbranched alkanes of at least 4 members (excludes halogenated alkanes) is 18. The molecule has 2 aromatic rings. The summed E-state index contributed by atoms with van der Waals surface area (Å²) in [5.74, 6) is 4.13. The summed E-state index contributed by atoms with van der Waals surface area (Å²) in [6, 6.07) is 5.89. The summed E-state index contributed by atoms with van der Waals surface area (Å²) < 4.78 is 13.8. The lowest BCUT2D eigenvalue weighted by Crippen LogP contribution is -2.25. The van der Waals surface area contributed by atoms with Crippen LogP contribution in [0, 0.1) is 12.3 Å². The van der Waals surface area contributed by atoms with Gasteiger partial charge in [-0.1, -0.05) is 135 Å². The van der Waals surface area contributed by atoms with Gasteiger partial charge < -0.3 is 15.2 Å². The molecule has 2 rings (SSSR count). The lowest BCUT2D eigenvalue weighted by Gasteiger charge is -2.15. The fourth-order valence-corrected chi connectivity index (χ4v) is 5.37. The highest BCUT2D eigenvalue weighted by Gasteiger charge is 2.11. The Labute approximate surface area is 262 Å². The van der Waals surface area contributed by atoms with E-state index in [2.05, 4.69) is 24.8 Å². The summed E-state index contributed by atoms with van der Waals surface area (Å²) in [4.78, 5) is 16.5. The van der Waals surface area contributed by atoms with Gasteiger partial charge in [0, 0.05) is 11.8 Å². The molecule has 1 aromatic carbocycles. The zero-order chi connectivity index (χ0) is 31.0. The first-order valence-corrected chi connectivity index (χ1v) is 17.3. The number of terminal acetylenes is 1. The number of hydrogen-bond acceptors (Lipinski definition) is 5. The molecule has 43 heavy (non-hydrogen) atoms. The van der Waals surface area contributed by atoms with E-state index in [9.17, 15) is 4.79 Å². The van der Waals surface area contributed by atoms with Crippen molar-refractivity contribution >= 4 is 5.82 Å². The van der Waals surface area contributed by atoms with Crippen LogP contribution in [0.15, 0.2) is 29.2 Å². The molecule has 6 heteroatoms. The minimum absolute atomic E-state index is 0.0785. The van der Waals surface area contributed by atoms with Crippen LogP contribution in [-0.4, -0.2) is 22.8 Å². The molecule has 0 aliphatic carbocycles. The largest absolute Gasteiger partial charge is 0.494 e. The number of nitrogens with zero attached hydrogens (tertiary/aromatic N) is 2. The molecule has 0 unspecified atom stereocenters. The fourth-order valence-electron chi connectivity index (χ4n) is 5.37. The first kappa shape index (κ1) is 36.3. The van der Waals surface area contributed by atoms with Crippen molar-refractivity contribution < 1.29 is 9.47 Å². The standard InChI is InChI=1S/C37H59N3O3/c1-4-7-9-11-13-15-17-19-21-23-27-42-34-25-26-35(43-28-24-22-20-18-16-14-12-10-8-5-2)33(29-34)31-40-30-32(6-3)36(38)39-37(40)41/h3,25-26,29-30H,4-5,7-24,27-28,31H2,1-2H3,(H2,38,39,41). The maximum atomic E-state index is 12.6. The van der Waals surface area contributed by atoms with Crippen molar-refractivity contribution in [2.45, 2.75) is 149 Å². The second kappa shape index (κ2) is 23.5. The molecule has 0 saturated heterocycles. The van der Waals surface area contributed by atoms with Gasteiger partial charge in [-0.3, -0.25) is 4.57 Å². The quantitative estimate of drug-likeness (QED) is 0.0868. The summed E-state index contributed by atoms with van der Waals surface area (Å²) in [6.07, 6.45) is 32.9. The summed E-state index contributed by atoms with van der Waals surface area (Å²) in [5, 5.41) is 0. The molecule has 0 spiro atoms. The molecule has 0 bridgehead atoms. The first-order chi connectivity index (χ1) is 21.1. The zero-order valence-corrected chi connectivity index (χ0v) is 27.3. The first-order valence-electron chi connectivity index (χ1n) is 17.3. The second-order valence-corrected chi connectivity index (χ2v) is 11.9. The van der Waals surface area contributed by atoms with Crippen LogP contribution in [0.2, 0.25) is 0 Å². The van der Waals surface area contributed by atoms with Crippen molar-refractivity contribution in [2.24, 2.45) is 0 Å². The zero-order valence-electron chi connectivity index (χ0n) is 27.3. The predicted octanol–water partition coefficient (Wildman–Crippen LogP) is 9.45. The Kier molecular flexibility index (Phi) is 19.8. The van der Waals surface area contributed by atoms with E-state index < -0.39 is 5.69 Å². The normalized spacial score (nSPS) is 11.0. The summed E-state index contributed by atoms with van der Waals surface area (Å²) >= 11 is 0. The summed E-state index contributed by atoms with van der Waals surface area (Å²) in [7, 11) is 0. The van der Waals surface area contributed by atoms with Gasteiger partial charge in [-0.05, 0) is 31.0 Å². The number of rotatable bonds is 26. The van der Waals surface area contributed by atoms with Crippen LogP contribution in [0.4, 0.5) is 5.82 Å². The van der Waals surface area contributed by atoms with Gasteiger partial charge >= 0.3 is 5.69 Å². The molecule has 0 atom stereocenters. The molecular formula is C37H59N3O3. The van der Waals surface area contributed by atoms with E-state index >= 15 is 0 Å². The Bertz CT molecular complexity index is 1110. The lowest BCUT2D eigenvalue weighted by molar-refractivity contribution is 0.293. The maximum absolute atomic E-state index is 12.6. The molecule has 6 nitrogen and oxygen atoms in total. The Morgan fingerprint density at radius 2 is 1.23 bits per heavy atom. The minimum atomic E-state index is -0.436. The van der Waals surface area contributed by atoms with Gasteiger partial charge in [0.15, 0.2) is 0 Å². The minimum Gasteiger partial charge on any atom is -0.494 e. The van der Waals surface area contributed by atoms with Gasteiger partial charge in [-0.2, -0.15) is 4.98 Å². The number of hydrogen-bond donors (Lipinski definition) is 1. The lowest BCUT2D eigenvalue weighted by atomic mass is 10.1. The molecule has 1 heterocycles. The van der Waals surface area contributed by atoms with Crippen LogP contribution in [-0.2, 0) is 6.54 Å². The Hall–Kier alpha value is -2.94. The third-order valence-electron chi connectivity index (χ3n) is 8.07. The van der Waals surface area contributed by atoms with E-state index in [1.54, 1.807) is 6.20 Å². The highest BCUT2D eigenvalue weighted by molar-refractivity contribution is 5.48. The number of benzene rings is 1. The molecule has 1 aromatic heterocycles. The maximum Gasteiger partial charge on any atom is 0.349 e. The van der Waals surface area contributed by atoms with Crippen molar-refractivity contribution in [3.05, 3.63) is 46.0 Å². The molecule has 0 radical (unpaired) electrons. The fraction of sp³-hybridized carbons (Fsp3) is 0.676. The molecule has 0 saturated carbocycles. The van der Waals surface area contributed by atoms with Crippen LogP contribution in [0.25, 0.3) is 0 Å². The SMILES string of the molecule is C#Cc1cn(Cc2cc(OCCCCCCCCCCCC)ccc2OCCCCCCCCCCCC)c(=O)nc1N.